The van der Waals surface area contributed by atoms with Crippen LogP contribution < -0.4 is 10.1 Å². The van der Waals surface area contributed by atoms with Crippen molar-refractivity contribution in [3.05, 3.63) is 17.1 Å². The molecule has 1 aromatic heterocycles. The summed E-state index contributed by atoms with van der Waals surface area (Å²) in [6, 6.07) is -0.0499. The van der Waals surface area contributed by atoms with E-state index in [4.69, 9.17) is 19.4 Å². The zero-order valence-electron chi connectivity index (χ0n) is 15.4. The molecule has 3 rings (SSSR count). The quantitative estimate of drug-likeness (QED) is 0.903. The van der Waals surface area contributed by atoms with Crippen molar-refractivity contribution in [2.75, 3.05) is 33.4 Å². The Bertz CT molecular complexity index is 621. The van der Waals surface area contributed by atoms with Crippen molar-refractivity contribution in [3.8, 4) is 5.88 Å². The number of urea groups is 1. The molecular formula is C18H28N4O3. The molecule has 2 aliphatic rings. The molecule has 1 N–H and O–H groups in total. The number of nitrogens with zero attached hydrogens (tertiary/aromatic N) is 3. The number of hydrogen-bond acceptors (Lipinski definition) is 5. The van der Waals surface area contributed by atoms with Gasteiger partial charge >= 0.3 is 6.03 Å². The first-order valence-electron chi connectivity index (χ1n) is 9.19. The van der Waals surface area contributed by atoms with E-state index in [2.05, 4.69) is 19.2 Å². The molecule has 0 saturated carbocycles. The molecule has 0 bridgehead atoms. The van der Waals surface area contributed by atoms with E-state index in [-0.39, 0.29) is 18.1 Å². The van der Waals surface area contributed by atoms with E-state index in [9.17, 15) is 4.79 Å². The summed E-state index contributed by atoms with van der Waals surface area (Å²) in [6.45, 7) is 6.90. The maximum absolute atomic E-state index is 11.9. The summed E-state index contributed by atoms with van der Waals surface area (Å²) < 4.78 is 11.9. The highest BCUT2D eigenvalue weighted by atomic mass is 16.5. The van der Waals surface area contributed by atoms with Crippen LogP contribution in [0.1, 0.15) is 49.7 Å². The van der Waals surface area contributed by atoms with Gasteiger partial charge in [0.1, 0.15) is 11.9 Å². The Labute approximate surface area is 149 Å². The molecule has 2 aliphatic heterocycles. The van der Waals surface area contributed by atoms with E-state index in [1.165, 1.54) is 0 Å². The number of hydrogen-bond donors (Lipinski definition) is 1. The predicted molar refractivity (Wildman–Crippen MR) is 94.0 cm³/mol. The number of piperidine rings is 1. The van der Waals surface area contributed by atoms with Gasteiger partial charge in [0, 0.05) is 37.9 Å². The van der Waals surface area contributed by atoms with Crippen LogP contribution in [0.5, 0.6) is 5.88 Å². The van der Waals surface area contributed by atoms with Crippen LogP contribution in [0.2, 0.25) is 0 Å². The number of aromatic nitrogens is 2. The van der Waals surface area contributed by atoms with Gasteiger partial charge in [0.25, 0.3) is 0 Å². The molecule has 1 unspecified atom stereocenters. The predicted octanol–water partition coefficient (Wildman–Crippen LogP) is 1.90. The van der Waals surface area contributed by atoms with Gasteiger partial charge in [-0.3, -0.25) is 0 Å². The SMILES string of the molecule is CNC(=O)N1CCCC(Oc2nc(C(C)C)nc3c2CCOCC3)C1. The maximum atomic E-state index is 11.9. The van der Waals surface area contributed by atoms with Crippen molar-refractivity contribution < 1.29 is 14.3 Å². The van der Waals surface area contributed by atoms with E-state index in [1.807, 2.05) is 0 Å². The fraction of sp³-hybridized carbons (Fsp3) is 0.722. The number of rotatable bonds is 3. The molecule has 0 aliphatic carbocycles. The second kappa shape index (κ2) is 7.99. The number of fused-ring (bicyclic) bond motifs is 1. The standard InChI is InChI=1S/C18H28N4O3/c1-12(2)16-20-15-7-10-24-9-6-14(15)17(21-16)25-13-5-4-8-22(11-13)18(23)19-3/h12-13H,4-11H2,1-3H3,(H,19,23). The Morgan fingerprint density at radius 2 is 2.12 bits per heavy atom. The molecule has 25 heavy (non-hydrogen) atoms. The third kappa shape index (κ3) is 4.21. The molecule has 7 heteroatoms. The topological polar surface area (TPSA) is 76.6 Å². The fourth-order valence-corrected chi connectivity index (χ4v) is 3.32. The smallest absolute Gasteiger partial charge is 0.317 e. The number of amides is 2. The van der Waals surface area contributed by atoms with Gasteiger partial charge in [0.2, 0.25) is 5.88 Å². The molecule has 3 heterocycles. The van der Waals surface area contributed by atoms with E-state index in [0.717, 1.165) is 49.3 Å². The minimum absolute atomic E-state index is 0.0331. The van der Waals surface area contributed by atoms with E-state index < -0.39 is 0 Å². The van der Waals surface area contributed by atoms with Crippen LogP contribution in [0, 0.1) is 0 Å². The minimum Gasteiger partial charge on any atom is -0.472 e. The van der Waals surface area contributed by atoms with Crippen LogP contribution in [-0.4, -0.2) is 60.4 Å². The Morgan fingerprint density at radius 1 is 1.32 bits per heavy atom. The van der Waals surface area contributed by atoms with Gasteiger partial charge in [0.15, 0.2) is 0 Å². The fourth-order valence-electron chi connectivity index (χ4n) is 3.32. The van der Waals surface area contributed by atoms with Crippen LogP contribution in [0.25, 0.3) is 0 Å². The molecule has 0 aromatic carbocycles. The normalized spacial score (nSPS) is 20.8. The van der Waals surface area contributed by atoms with Crippen molar-refractivity contribution in [2.24, 2.45) is 0 Å². The monoisotopic (exact) mass is 348 g/mol. The summed E-state index contributed by atoms with van der Waals surface area (Å²) >= 11 is 0. The molecule has 1 saturated heterocycles. The van der Waals surface area contributed by atoms with Gasteiger partial charge in [-0.15, -0.1) is 0 Å². The molecule has 0 spiro atoms. The van der Waals surface area contributed by atoms with Gasteiger partial charge in [-0.1, -0.05) is 13.8 Å². The number of carbonyl (C=O) groups is 1. The average molecular weight is 348 g/mol. The Kier molecular flexibility index (Phi) is 5.73. The number of likely N-dealkylation sites (tertiary alicyclic amines) is 1. The Morgan fingerprint density at radius 3 is 2.88 bits per heavy atom. The maximum Gasteiger partial charge on any atom is 0.317 e. The molecular weight excluding hydrogens is 320 g/mol. The highest BCUT2D eigenvalue weighted by Crippen LogP contribution is 2.27. The lowest BCUT2D eigenvalue weighted by Crippen LogP contribution is -2.47. The lowest BCUT2D eigenvalue weighted by atomic mass is 10.1. The van der Waals surface area contributed by atoms with E-state index in [1.54, 1.807) is 11.9 Å². The van der Waals surface area contributed by atoms with Gasteiger partial charge in [-0.05, 0) is 12.8 Å². The molecule has 0 radical (unpaired) electrons. The summed E-state index contributed by atoms with van der Waals surface area (Å²) in [5.41, 5.74) is 2.11. The van der Waals surface area contributed by atoms with Crippen LogP contribution in [0.3, 0.4) is 0 Å². The zero-order valence-corrected chi connectivity index (χ0v) is 15.4. The first-order valence-corrected chi connectivity index (χ1v) is 9.19. The second-order valence-electron chi connectivity index (χ2n) is 6.96. The summed E-state index contributed by atoms with van der Waals surface area (Å²) in [6.07, 6.45) is 3.40. The Balaban J connectivity index is 1.83. The van der Waals surface area contributed by atoms with Crippen LogP contribution in [-0.2, 0) is 17.6 Å². The van der Waals surface area contributed by atoms with Crippen LogP contribution >= 0.6 is 0 Å². The van der Waals surface area contributed by atoms with Crippen molar-refractivity contribution in [3.63, 3.8) is 0 Å². The summed E-state index contributed by atoms with van der Waals surface area (Å²) in [5.74, 6) is 1.74. The molecule has 1 atom stereocenters. The largest absolute Gasteiger partial charge is 0.472 e. The summed E-state index contributed by atoms with van der Waals surface area (Å²) in [7, 11) is 1.66. The van der Waals surface area contributed by atoms with Gasteiger partial charge in [-0.2, -0.15) is 4.98 Å². The molecule has 1 aromatic rings. The highest BCUT2D eigenvalue weighted by molar-refractivity contribution is 5.73. The summed E-state index contributed by atoms with van der Waals surface area (Å²) in [4.78, 5) is 23.2. The van der Waals surface area contributed by atoms with Crippen molar-refractivity contribution in [2.45, 2.75) is 51.6 Å². The van der Waals surface area contributed by atoms with Crippen molar-refractivity contribution in [1.82, 2.24) is 20.2 Å². The third-order valence-electron chi connectivity index (χ3n) is 4.73. The highest BCUT2D eigenvalue weighted by Gasteiger charge is 2.27. The minimum atomic E-state index is -0.0499. The average Bonchev–Trinajstić information content (AvgIpc) is 2.86. The number of nitrogens with one attached hydrogen (secondary N) is 1. The molecule has 2 amide bonds. The zero-order chi connectivity index (χ0) is 17.8. The Hall–Kier alpha value is -1.89. The van der Waals surface area contributed by atoms with E-state index >= 15 is 0 Å². The lowest BCUT2D eigenvalue weighted by molar-refractivity contribution is 0.0967. The number of ether oxygens (including phenoxy) is 2. The second-order valence-corrected chi connectivity index (χ2v) is 6.96. The first-order chi connectivity index (χ1) is 12.1. The van der Waals surface area contributed by atoms with E-state index in [0.29, 0.717) is 25.6 Å². The van der Waals surface area contributed by atoms with Crippen LogP contribution in [0.15, 0.2) is 0 Å². The van der Waals surface area contributed by atoms with Crippen LogP contribution in [0.4, 0.5) is 4.79 Å². The number of carbonyl (C=O) groups excluding carboxylic acids is 1. The lowest BCUT2D eigenvalue weighted by Gasteiger charge is -2.32. The van der Waals surface area contributed by atoms with Crippen molar-refractivity contribution >= 4 is 6.03 Å². The molecule has 7 nitrogen and oxygen atoms in total. The first kappa shape index (κ1) is 17.9. The molecule has 138 valence electrons. The summed E-state index contributed by atoms with van der Waals surface area (Å²) in [5, 5.41) is 2.69. The van der Waals surface area contributed by atoms with Crippen molar-refractivity contribution in [1.29, 1.82) is 0 Å². The molecule has 1 fully saturated rings. The van der Waals surface area contributed by atoms with Gasteiger partial charge < -0.3 is 19.7 Å². The van der Waals surface area contributed by atoms with Gasteiger partial charge in [-0.25, -0.2) is 9.78 Å². The van der Waals surface area contributed by atoms with Gasteiger partial charge in [0.05, 0.1) is 25.5 Å². The third-order valence-corrected chi connectivity index (χ3v) is 4.73.